The topological polar surface area (TPSA) is 108 Å². The number of hydrogen-bond donors (Lipinski definition) is 2. The molecule has 27 heavy (non-hydrogen) atoms. The number of furan rings is 1. The van der Waals surface area contributed by atoms with Crippen LogP contribution in [0.1, 0.15) is 17.0 Å². The number of benzene rings is 1. The van der Waals surface area contributed by atoms with Crippen LogP contribution in [0.2, 0.25) is 0 Å². The van der Waals surface area contributed by atoms with Gasteiger partial charge in [0, 0.05) is 42.9 Å². The van der Waals surface area contributed by atoms with Gasteiger partial charge in [-0.3, -0.25) is 24.8 Å². The Bertz CT molecular complexity index is 1110. The van der Waals surface area contributed by atoms with E-state index >= 15 is 0 Å². The Morgan fingerprint density at radius 3 is 2.70 bits per heavy atom. The number of aromatic amines is 2. The second-order valence-corrected chi connectivity index (χ2v) is 6.80. The number of non-ortho nitro benzene ring substituents is 1. The highest BCUT2D eigenvalue weighted by Crippen LogP contribution is 2.26. The largest absolute Gasteiger partial charge is 0.460 e. The molecule has 0 amide bonds. The van der Waals surface area contributed by atoms with Crippen molar-refractivity contribution in [1.29, 1.82) is 0 Å². The predicted octanol–water partition coefficient (Wildman–Crippen LogP) is 3.16. The van der Waals surface area contributed by atoms with Gasteiger partial charge in [-0.05, 0) is 36.5 Å². The molecule has 2 aromatic heterocycles. The first-order chi connectivity index (χ1) is 13.0. The maximum absolute atomic E-state index is 12.1. The van der Waals surface area contributed by atoms with E-state index in [4.69, 9.17) is 16.6 Å². The predicted molar refractivity (Wildman–Crippen MR) is 101 cm³/mol. The third-order valence-corrected chi connectivity index (χ3v) is 4.80. The minimum Gasteiger partial charge on any atom is -0.460 e. The van der Waals surface area contributed by atoms with Crippen LogP contribution in [0.25, 0.3) is 11.3 Å². The van der Waals surface area contributed by atoms with E-state index in [-0.39, 0.29) is 11.2 Å². The van der Waals surface area contributed by atoms with E-state index in [2.05, 4.69) is 14.9 Å². The molecule has 3 heterocycles. The number of H-pyrrole nitrogens is 2. The standard InChI is InChI=1S/C18H16N4O4S/c23-17-14-10-21(8-7-15(14)19-18(27)20-17)9-13-5-6-16(26-13)11-1-3-12(4-2-11)22(24)25/h1-6H,7-10H2,(H2,19,20,23,27). The number of nitro groups is 1. The summed E-state index contributed by atoms with van der Waals surface area (Å²) < 4.78 is 6.24. The Balaban J connectivity index is 1.49. The lowest BCUT2D eigenvalue weighted by molar-refractivity contribution is -0.384. The van der Waals surface area contributed by atoms with Gasteiger partial charge in [0.25, 0.3) is 11.2 Å². The van der Waals surface area contributed by atoms with Crippen molar-refractivity contribution < 1.29 is 9.34 Å². The van der Waals surface area contributed by atoms with Gasteiger partial charge >= 0.3 is 0 Å². The average molecular weight is 384 g/mol. The summed E-state index contributed by atoms with van der Waals surface area (Å²) >= 11 is 5.01. The number of nitrogens with one attached hydrogen (secondary N) is 2. The molecular formula is C18H16N4O4S. The molecule has 3 aromatic rings. The van der Waals surface area contributed by atoms with E-state index in [1.54, 1.807) is 12.1 Å². The Labute approximate surface area is 158 Å². The van der Waals surface area contributed by atoms with Gasteiger partial charge < -0.3 is 9.40 Å². The average Bonchev–Trinajstić information content (AvgIpc) is 3.11. The monoisotopic (exact) mass is 384 g/mol. The van der Waals surface area contributed by atoms with Crippen LogP contribution < -0.4 is 5.56 Å². The van der Waals surface area contributed by atoms with Gasteiger partial charge in [-0.25, -0.2) is 0 Å². The molecule has 0 unspecified atom stereocenters. The van der Waals surface area contributed by atoms with Gasteiger partial charge in [-0.2, -0.15) is 0 Å². The van der Waals surface area contributed by atoms with E-state index in [1.807, 2.05) is 12.1 Å². The maximum Gasteiger partial charge on any atom is 0.269 e. The quantitative estimate of drug-likeness (QED) is 0.406. The molecule has 0 spiro atoms. The molecule has 0 atom stereocenters. The highest BCUT2D eigenvalue weighted by atomic mass is 32.1. The molecule has 1 aromatic carbocycles. The second-order valence-electron chi connectivity index (χ2n) is 6.40. The Morgan fingerprint density at radius 1 is 1.19 bits per heavy atom. The van der Waals surface area contributed by atoms with Crippen LogP contribution >= 0.6 is 12.2 Å². The molecule has 138 valence electrons. The minimum absolute atomic E-state index is 0.0433. The zero-order valence-corrected chi connectivity index (χ0v) is 15.0. The van der Waals surface area contributed by atoms with Crippen LogP contribution in [0.4, 0.5) is 5.69 Å². The number of aromatic nitrogens is 2. The molecule has 2 N–H and O–H groups in total. The molecule has 0 fully saturated rings. The minimum atomic E-state index is -0.431. The normalized spacial score (nSPS) is 14.1. The van der Waals surface area contributed by atoms with E-state index in [9.17, 15) is 14.9 Å². The third-order valence-electron chi connectivity index (χ3n) is 4.59. The lowest BCUT2D eigenvalue weighted by Crippen LogP contribution is -2.35. The summed E-state index contributed by atoms with van der Waals surface area (Å²) in [5.41, 5.74) is 2.27. The Hall–Kier alpha value is -3.04. The zero-order valence-electron chi connectivity index (χ0n) is 14.2. The summed E-state index contributed by atoms with van der Waals surface area (Å²) in [5, 5.41) is 10.7. The zero-order chi connectivity index (χ0) is 19.0. The first kappa shape index (κ1) is 17.4. The van der Waals surface area contributed by atoms with Crippen molar-refractivity contribution >= 4 is 17.9 Å². The summed E-state index contributed by atoms with van der Waals surface area (Å²) in [7, 11) is 0. The summed E-state index contributed by atoms with van der Waals surface area (Å²) in [6, 6.07) is 9.97. The van der Waals surface area contributed by atoms with Gasteiger partial charge in [-0.15, -0.1) is 0 Å². The highest BCUT2D eigenvalue weighted by molar-refractivity contribution is 7.71. The van der Waals surface area contributed by atoms with E-state index in [0.717, 1.165) is 30.0 Å². The summed E-state index contributed by atoms with van der Waals surface area (Å²) in [4.78, 5) is 30.2. The van der Waals surface area contributed by atoms with Crippen molar-refractivity contribution in [2.24, 2.45) is 0 Å². The fraction of sp³-hybridized carbons (Fsp3) is 0.222. The fourth-order valence-corrected chi connectivity index (χ4v) is 3.45. The van der Waals surface area contributed by atoms with E-state index in [0.29, 0.717) is 29.2 Å². The van der Waals surface area contributed by atoms with Gasteiger partial charge in [0.1, 0.15) is 11.5 Å². The van der Waals surface area contributed by atoms with Gasteiger partial charge in [0.2, 0.25) is 0 Å². The van der Waals surface area contributed by atoms with Crippen LogP contribution in [0.5, 0.6) is 0 Å². The lowest BCUT2D eigenvalue weighted by Gasteiger charge is -2.26. The van der Waals surface area contributed by atoms with Crippen molar-refractivity contribution in [3.05, 3.63) is 78.7 Å². The van der Waals surface area contributed by atoms with Crippen molar-refractivity contribution in [3.63, 3.8) is 0 Å². The number of nitro benzene ring substituents is 1. The molecule has 9 heteroatoms. The molecule has 8 nitrogen and oxygen atoms in total. The van der Waals surface area contributed by atoms with Crippen LogP contribution in [0, 0.1) is 14.9 Å². The molecular weight excluding hydrogens is 368 g/mol. The summed E-state index contributed by atoms with van der Waals surface area (Å²) in [5.74, 6) is 1.42. The van der Waals surface area contributed by atoms with Crippen LogP contribution in [-0.2, 0) is 19.5 Å². The number of rotatable bonds is 4. The maximum atomic E-state index is 12.1. The second kappa shape index (κ2) is 6.93. The fourth-order valence-electron chi connectivity index (χ4n) is 3.23. The van der Waals surface area contributed by atoms with Crippen molar-refractivity contribution in [1.82, 2.24) is 14.9 Å². The van der Waals surface area contributed by atoms with E-state index < -0.39 is 4.92 Å². The molecule has 0 radical (unpaired) electrons. The first-order valence-electron chi connectivity index (χ1n) is 8.40. The van der Waals surface area contributed by atoms with Gasteiger partial charge in [0.15, 0.2) is 4.77 Å². The SMILES string of the molecule is O=c1[nH]c(=S)[nH]c2c1CN(Cc1ccc(-c3ccc([N+](=O)[O-])cc3)o1)CC2. The molecule has 0 bridgehead atoms. The molecule has 1 aliphatic rings. The van der Waals surface area contributed by atoms with Crippen molar-refractivity contribution in [2.45, 2.75) is 19.5 Å². The first-order valence-corrected chi connectivity index (χ1v) is 8.80. The molecule has 1 aliphatic heterocycles. The molecule has 4 rings (SSSR count). The number of fused-ring (bicyclic) bond motifs is 1. The van der Waals surface area contributed by atoms with Crippen LogP contribution in [-0.4, -0.2) is 26.3 Å². The van der Waals surface area contributed by atoms with E-state index in [1.165, 1.54) is 12.1 Å². The summed E-state index contributed by atoms with van der Waals surface area (Å²) in [6.45, 7) is 1.88. The van der Waals surface area contributed by atoms with Crippen molar-refractivity contribution in [3.8, 4) is 11.3 Å². The van der Waals surface area contributed by atoms with Crippen molar-refractivity contribution in [2.75, 3.05) is 6.54 Å². The van der Waals surface area contributed by atoms with Crippen LogP contribution in [0.15, 0.2) is 45.6 Å². The third kappa shape index (κ3) is 3.60. The molecule has 0 saturated heterocycles. The van der Waals surface area contributed by atoms with Crippen LogP contribution in [0.3, 0.4) is 0 Å². The molecule has 0 saturated carbocycles. The number of nitrogens with zero attached hydrogens (tertiary/aromatic N) is 2. The summed E-state index contributed by atoms with van der Waals surface area (Å²) in [6.07, 6.45) is 0.721. The molecule has 0 aliphatic carbocycles. The van der Waals surface area contributed by atoms with Gasteiger partial charge in [-0.1, -0.05) is 0 Å². The Kier molecular flexibility index (Phi) is 4.46. The lowest BCUT2D eigenvalue weighted by atomic mass is 10.1. The van der Waals surface area contributed by atoms with Gasteiger partial charge in [0.05, 0.1) is 17.0 Å². The Morgan fingerprint density at radius 2 is 1.96 bits per heavy atom. The highest BCUT2D eigenvalue weighted by Gasteiger charge is 2.20. The number of hydrogen-bond acceptors (Lipinski definition) is 6. The smallest absolute Gasteiger partial charge is 0.269 e.